The van der Waals surface area contributed by atoms with E-state index < -0.39 is 0 Å². The Morgan fingerprint density at radius 2 is 1.92 bits per heavy atom. The number of rotatable bonds is 1. The lowest BCUT2D eigenvalue weighted by atomic mass is 10.3. The third-order valence-corrected chi connectivity index (χ3v) is 1.35. The molecule has 1 aliphatic rings. The normalized spacial score (nSPS) is 14.5. The van der Waals surface area contributed by atoms with Crippen molar-refractivity contribution in [3.05, 3.63) is 30.3 Å². The highest BCUT2D eigenvalue weighted by atomic mass is 15.9. The van der Waals surface area contributed by atoms with Crippen LogP contribution in [0.15, 0.2) is 51.2 Å². The summed E-state index contributed by atoms with van der Waals surface area (Å²) < 4.78 is 0. The van der Waals surface area contributed by atoms with Gasteiger partial charge in [-0.25, -0.2) is 0 Å². The van der Waals surface area contributed by atoms with Crippen molar-refractivity contribution in [1.82, 2.24) is 5.53 Å². The molecule has 0 aromatic heterocycles. The van der Waals surface area contributed by atoms with E-state index in [0.717, 1.165) is 5.69 Å². The number of nitrogens with zero attached hydrogens (tertiary/aromatic N) is 5. The molecule has 1 heterocycles. The third kappa shape index (κ3) is 1.22. The van der Waals surface area contributed by atoms with Crippen molar-refractivity contribution in [3.8, 4) is 0 Å². The van der Waals surface area contributed by atoms with Crippen molar-refractivity contribution in [3.63, 3.8) is 0 Å². The fraction of sp³-hybridized carbons (Fsp3) is 0. The van der Waals surface area contributed by atoms with Crippen molar-refractivity contribution in [2.75, 3.05) is 5.12 Å². The summed E-state index contributed by atoms with van der Waals surface area (Å²) in [5.74, 6) is 0. The van der Waals surface area contributed by atoms with E-state index in [4.69, 9.17) is 0 Å². The summed E-state index contributed by atoms with van der Waals surface area (Å²) in [4.78, 5) is 0. The van der Waals surface area contributed by atoms with E-state index in [-0.39, 0.29) is 0 Å². The quantitative estimate of drug-likeness (QED) is 0.682. The maximum absolute atomic E-state index is 3.69. The van der Waals surface area contributed by atoms with Gasteiger partial charge in [-0.1, -0.05) is 18.2 Å². The second kappa shape index (κ2) is 2.95. The van der Waals surface area contributed by atoms with Crippen molar-refractivity contribution >= 4 is 5.69 Å². The van der Waals surface area contributed by atoms with Crippen LogP contribution in [-0.2, 0) is 0 Å². The molecule has 0 saturated carbocycles. The molecule has 12 heavy (non-hydrogen) atoms. The lowest BCUT2D eigenvalue weighted by molar-refractivity contribution is 0.553. The Hall–Kier alpha value is -1.98. The zero-order chi connectivity index (χ0) is 8.23. The first-order valence-electron chi connectivity index (χ1n) is 3.38. The van der Waals surface area contributed by atoms with E-state index in [0.29, 0.717) is 0 Å². The molecular formula is C6H6N6. The van der Waals surface area contributed by atoms with Crippen molar-refractivity contribution in [2.24, 2.45) is 20.9 Å². The van der Waals surface area contributed by atoms with E-state index in [2.05, 4.69) is 26.4 Å². The summed E-state index contributed by atoms with van der Waals surface area (Å²) in [6.07, 6.45) is 0. The number of para-hydroxylation sites is 1. The highest BCUT2D eigenvalue weighted by molar-refractivity contribution is 5.43. The van der Waals surface area contributed by atoms with Crippen LogP contribution in [0, 0.1) is 0 Å². The minimum atomic E-state index is 0.861. The predicted octanol–water partition coefficient (Wildman–Crippen LogP) is 1.66. The lowest BCUT2D eigenvalue weighted by Crippen LogP contribution is -2.29. The molecule has 0 spiro atoms. The molecule has 1 aliphatic heterocycles. The molecule has 6 nitrogen and oxygen atoms in total. The molecule has 0 bridgehead atoms. The minimum absolute atomic E-state index is 0.861. The van der Waals surface area contributed by atoms with Crippen molar-refractivity contribution in [2.45, 2.75) is 0 Å². The van der Waals surface area contributed by atoms with Crippen LogP contribution >= 0.6 is 0 Å². The van der Waals surface area contributed by atoms with Crippen LogP contribution in [0.2, 0.25) is 0 Å². The van der Waals surface area contributed by atoms with Crippen LogP contribution in [0.25, 0.3) is 0 Å². The topological polar surface area (TPSA) is 64.7 Å². The summed E-state index contributed by atoms with van der Waals surface area (Å²) >= 11 is 0. The van der Waals surface area contributed by atoms with E-state index in [1.807, 2.05) is 30.3 Å². The van der Waals surface area contributed by atoms with Gasteiger partial charge in [-0.15, -0.1) is 5.12 Å². The van der Waals surface area contributed by atoms with Gasteiger partial charge >= 0.3 is 0 Å². The average molecular weight is 162 g/mol. The number of benzene rings is 1. The van der Waals surface area contributed by atoms with E-state index in [1.54, 1.807) is 0 Å². The molecule has 1 aromatic rings. The SMILES string of the molecule is c1ccc(N2N=NN=NN2)cc1. The monoisotopic (exact) mass is 162 g/mol. The summed E-state index contributed by atoms with van der Waals surface area (Å²) in [5.41, 5.74) is 3.43. The lowest BCUT2D eigenvalue weighted by Gasteiger charge is -2.15. The number of hydrazine groups is 1. The highest BCUT2D eigenvalue weighted by Gasteiger charge is 2.04. The smallest absolute Gasteiger partial charge is 0.0869 e. The number of anilines is 1. The summed E-state index contributed by atoms with van der Waals surface area (Å²) in [7, 11) is 0. The highest BCUT2D eigenvalue weighted by Crippen LogP contribution is 2.12. The first-order chi connectivity index (χ1) is 5.97. The van der Waals surface area contributed by atoms with Crippen LogP contribution in [0.1, 0.15) is 0 Å². The maximum atomic E-state index is 3.69. The van der Waals surface area contributed by atoms with Gasteiger partial charge in [-0.2, -0.15) is 5.53 Å². The van der Waals surface area contributed by atoms with Gasteiger partial charge in [0.25, 0.3) is 0 Å². The zero-order valence-electron chi connectivity index (χ0n) is 6.12. The van der Waals surface area contributed by atoms with Gasteiger partial charge in [-0.3, -0.25) is 0 Å². The molecule has 0 fully saturated rings. The van der Waals surface area contributed by atoms with Gasteiger partial charge in [0, 0.05) is 0 Å². The Kier molecular flexibility index (Phi) is 1.65. The van der Waals surface area contributed by atoms with Crippen molar-refractivity contribution < 1.29 is 0 Å². The van der Waals surface area contributed by atoms with Gasteiger partial charge in [-0.05, 0) is 33.0 Å². The molecule has 0 unspecified atom stereocenters. The Bertz CT molecular complexity index is 305. The fourth-order valence-electron chi connectivity index (χ4n) is 0.839. The third-order valence-electron chi connectivity index (χ3n) is 1.35. The molecule has 0 amide bonds. The zero-order valence-corrected chi connectivity index (χ0v) is 6.12. The Morgan fingerprint density at radius 1 is 1.08 bits per heavy atom. The number of nitrogens with one attached hydrogen (secondary N) is 1. The molecule has 1 N–H and O–H groups in total. The van der Waals surface area contributed by atoms with E-state index in [1.165, 1.54) is 5.12 Å². The van der Waals surface area contributed by atoms with Gasteiger partial charge in [0.05, 0.1) is 5.69 Å². The number of hydrogen-bond donors (Lipinski definition) is 1. The molecular weight excluding hydrogens is 156 g/mol. The van der Waals surface area contributed by atoms with Crippen LogP contribution in [0.4, 0.5) is 5.69 Å². The molecule has 0 radical (unpaired) electrons. The van der Waals surface area contributed by atoms with Crippen molar-refractivity contribution in [1.29, 1.82) is 0 Å². The Balaban J connectivity index is 2.21. The van der Waals surface area contributed by atoms with Crippen LogP contribution in [0.3, 0.4) is 0 Å². The largest absolute Gasteiger partial charge is 0.176 e. The van der Waals surface area contributed by atoms with Gasteiger partial charge in [0.15, 0.2) is 0 Å². The molecule has 6 heteroatoms. The molecule has 0 aliphatic carbocycles. The molecule has 60 valence electrons. The molecule has 1 aromatic carbocycles. The maximum Gasteiger partial charge on any atom is 0.0869 e. The Labute approximate surface area is 68.5 Å². The fourth-order valence-corrected chi connectivity index (χ4v) is 0.839. The first-order valence-corrected chi connectivity index (χ1v) is 3.38. The van der Waals surface area contributed by atoms with Crippen LogP contribution < -0.4 is 10.7 Å². The first kappa shape index (κ1) is 6.71. The van der Waals surface area contributed by atoms with Gasteiger partial charge in [0.2, 0.25) is 0 Å². The average Bonchev–Trinajstić information content (AvgIpc) is 2.21. The molecule has 2 rings (SSSR count). The van der Waals surface area contributed by atoms with Gasteiger partial charge in [0.1, 0.15) is 0 Å². The van der Waals surface area contributed by atoms with Crippen LogP contribution in [-0.4, -0.2) is 0 Å². The molecule has 0 saturated heterocycles. The standard InChI is InChI=1S/C6H6N6/c1-2-4-6(5-3-1)12-10-8-7-9-11-12/h1-5H,(H,7,10,11). The van der Waals surface area contributed by atoms with E-state index >= 15 is 0 Å². The predicted molar refractivity (Wildman–Crippen MR) is 41.8 cm³/mol. The van der Waals surface area contributed by atoms with E-state index in [9.17, 15) is 0 Å². The second-order valence-corrected chi connectivity index (χ2v) is 2.12. The van der Waals surface area contributed by atoms with Crippen LogP contribution in [0.5, 0.6) is 0 Å². The second-order valence-electron chi connectivity index (χ2n) is 2.12. The number of hydrogen-bond acceptors (Lipinski definition) is 6. The summed E-state index contributed by atoms with van der Waals surface area (Å²) in [6.45, 7) is 0. The minimum Gasteiger partial charge on any atom is -0.176 e. The summed E-state index contributed by atoms with van der Waals surface area (Å²) in [5, 5.41) is 15.3. The Morgan fingerprint density at radius 3 is 2.58 bits per heavy atom. The molecule has 0 atom stereocenters. The van der Waals surface area contributed by atoms with Gasteiger partial charge < -0.3 is 0 Å². The summed E-state index contributed by atoms with van der Waals surface area (Å²) in [6, 6.07) is 9.49.